The van der Waals surface area contributed by atoms with Gasteiger partial charge in [0.2, 0.25) is 10.0 Å². The summed E-state index contributed by atoms with van der Waals surface area (Å²) >= 11 is 0. The van der Waals surface area contributed by atoms with Crippen LogP contribution >= 0.6 is 0 Å². The Hall–Kier alpha value is -3.47. The van der Waals surface area contributed by atoms with Crippen LogP contribution in [0.5, 0.6) is 0 Å². The van der Waals surface area contributed by atoms with Crippen LogP contribution in [0.4, 0.5) is 0 Å². The molecule has 174 valence electrons. The number of carbonyl (C=O) groups is 1. The Morgan fingerprint density at radius 1 is 1.03 bits per heavy atom. The molecule has 34 heavy (non-hydrogen) atoms. The van der Waals surface area contributed by atoms with Crippen molar-refractivity contribution in [2.24, 2.45) is 5.92 Å². The zero-order valence-electron chi connectivity index (χ0n) is 19.1. The molecule has 6 nitrogen and oxygen atoms in total. The van der Waals surface area contributed by atoms with Gasteiger partial charge < -0.3 is 4.90 Å². The van der Waals surface area contributed by atoms with Crippen LogP contribution in [0.25, 0.3) is 11.1 Å². The van der Waals surface area contributed by atoms with E-state index in [1.807, 2.05) is 37.3 Å². The van der Waals surface area contributed by atoms with Crippen molar-refractivity contribution >= 4 is 15.9 Å². The number of sulfonamides is 1. The van der Waals surface area contributed by atoms with Crippen molar-refractivity contribution in [3.63, 3.8) is 0 Å². The van der Waals surface area contributed by atoms with Gasteiger partial charge in [-0.2, -0.15) is 5.26 Å². The Morgan fingerprint density at radius 2 is 1.71 bits per heavy atom. The summed E-state index contributed by atoms with van der Waals surface area (Å²) in [4.78, 5) is 15.5. The van der Waals surface area contributed by atoms with Gasteiger partial charge in [-0.05, 0) is 55.5 Å². The minimum absolute atomic E-state index is 0.0245. The number of likely N-dealkylation sites (tertiary alicyclic amines) is 1. The molecule has 0 bridgehead atoms. The van der Waals surface area contributed by atoms with E-state index < -0.39 is 10.0 Å². The molecule has 1 N–H and O–H groups in total. The zero-order valence-corrected chi connectivity index (χ0v) is 19.9. The smallest absolute Gasteiger partial charge is 0.254 e. The minimum Gasteiger partial charge on any atom is -0.338 e. The van der Waals surface area contributed by atoms with Gasteiger partial charge in [-0.1, -0.05) is 54.1 Å². The summed E-state index contributed by atoms with van der Waals surface area (Å²) in [7, 11) is -3.60. The van der Waals surface area contributed by atoms with Crippen LogP contribution in [0.15, 0.2) is 77.7 Å². The van der Waals surface area contributed by atoms with Gasteiger partial charge in [-0.15, -0.1) is 0 Å². The summed E-state index contributed by atoms with van der Waals surface area (Å²) in [5.41, 5.74) is 3.52. The molecule has 0 spiro atoms. The van der Waals surface area contributed by atoms with Crippen molar-refractivity contribution < 1.29 is 13.2 Å². The van der Waals surface area contributed by atoms with Crippen LogP contribution in [0.1, 0.15) is 34.3 Å². The molecule has 1 atom stereocenters. The number of nitriles is 1. The highest BCUT2D eigenvalue weighted by atomic mass is 32.2. The molecule has 1 fully saturated rings. The van der Waals surface area contributed by atoms with Crippen LogP contribution in [-0.4, -0.2) is 38.9 Å². The maximum absolute atomic E-state index is 13.5. The van der Waals surface area contributed by atoms with E-state index in [1.165, 1.54) is 0 Å². The minimum atomic E-state index is -3.60. The Balaban J connectivity index is 1.49. The Bertz CT molecular complexity index is 1330. The highest BCUT2D eigenvalue weighted by Gasteiger charge is 2.27. The molecule has 1 aliphatic heterocycles. The fourth-order valence-corrected chi connectivity index (χ4v) is 5.45. The van der Waals surface area contributed by atoms with Crippen molar-refractivity contribution in [1.82, 2.24) is 9.62 Å². The van der Waals surface area contributed by atoms with Gasteiger partial charge in [-0.3, -0.25) is 4.79 Å². The summed E-state index contributed by atoms with van der Waals surface area (Å²) in [5, 5.41) is 9.51. The number of carbonyl (C=O) groups excluding carboxylic acids is 1. The Morgan fingerprint density at radius 3 is 2.44 bits per heavy atom. The molecule has 1 heterocycles. The standard InChI is InChI=1S/C27H27N3O3S/c1-20-12-14-23(15-13-20)34(32,33)29-18-21-7-6-16-30(19-21)27(31)26-11-5-4-10-25(26)24-9-3-2-8-22(24)17-28/h2-5,8-15,21,29H,6-7,16,18-19H2,1H3. The largest absolute Gasteiger partial charge is 0.338 e. The zero-order chi connectivity index (χ0) is 24.1. The molecule has 0 aromatic heterocycles. The number of hydrogen-bond acceptors (Lipinski definition) is 4. The monoisotopic (exact) mass is 473 g/mol. The van der Waals surface area contributed by atoms with E-state index in [2.05, 4.69) is 10.8 Å². The topological polar surface area (TPSA) is 90.3 Å². The van der Waals surface area contributed by atoms with Gasteiger partial charge >= 0.3 is 0 Å². The number of hydrogen-bond donors (Lipinski definition) is 1. The fourth-order valence-electron chi connectivity index (χ4n) is 4.33. The lowest BCUT2D eigenvalue weighted by Crippen LogP contribution is -2.43. The van der Waals surface area contributed by atoms with Crippen LogP contribution < -0.4 is 4.72 Å². The van der Waals surface area contributed by atoms with Crippen molar-refractivity contribution in [1.29, 1.82) is 5.26 Å². The normalized spacial score (nSPS) is 16.1. The summed E-state index contributed by atoms with van der Waals surface area (Å²) < 4.78 is 28.0. The second-order valence-corrected chi connectivity index (χ2v) is 10.4. The van der Waals surface area contributed by atoms with Crippen molar-refractivity contribution in [3.8, 4) is 17.2 Å². The number of nitrogens with one attached hydrogen (secondary N) is 1. The van der Waals surface area contributed by atoms with Gasteiger partial charge in [-0.25, -0.2) is 13.1 Å². The van der Waals surface area contributed by atoms with Gasteiger partial charge in [0.05, 0.1) is 16.5 Å². The molecule has 7 heteroatoms. The fraction of sp³-hybridized carbons (Fsp3) is 0.259. The summed E-state index contributed by atoms with van der Waals surface area (Å²) in [6, 6.07) is 23.5. The second-order valence-electron chi connectivity index (χ2n) is 8.63. The van der Waals surface area contributed by atoms with Gasteiger partial charge in [0.15, 0.2) is 0 Å². The van der Waals surface area contributed by atoms with E-state index in [0.717, 1.165) is 29.5 Å². The maximum Gasteiger partial charge on any atom is 0.254 e. The molecule has 1 unspecified atom stereocenters. The molecule has 0 saturated carbocycles. The summed E-state index contributed by atoms with van der Waals surface area (Å²) in [6.45, 7) is 3.28. The van der Waals surface area contributed by atoms with Gasteiger partial charge in [0, 0.05) is 30.8 Å². The van der Waals surface area contributed by atoms with E-state index in [-0.39, 0.29) is 23.3 Å². The van der Waals surface area contributed by atoms with Crippen LogP contribution in [0.3, 0.4) is 0 Å². The van der Waals surface area contributed by atoms with Crippen LogP contribution in [0, 0.1) is 24.2 Å². The van der Waals surface area contributed by atoms with Gasteiger partial charge in [0.1, 0.15) is 0 Å². The average molecular weight is 474 g/mol. The van der Waals surface area contributed by atoms with E-state index in [1.54, 1.807) is 47.4 Å². The van der Waals surface area contributed by atoms with E-state index in [0.29, 0.717) is 24.2 Å². The van der Waals surface area contributed by atoms with E-state index in [4.69, 9.17) is 0 Å². The summed E-state index contributed by atoms with van der Waals surface area (Å²) in [6.07, 6.45) is 1.65. The van der Waals surface area contributed by atoms with E-state index in [9.17, 15) is 18.5 Å². The summed E-state index contributed by atoms with van der Waals surface area (Å²) in [5.74, 6) is -0.0779. The lowest BCUT2D eigenvalue weighted by molar-refractivity contribution is 0.0677. The predicted molar refractivity (Wildman–Crippen MR) is 132 cm³/mol. The number of rotatable bonds is 6. The number of amides is 1. The maximum atomic E-state index is 13.5. The lowest BCUT2D eigenvalue weighted by atomic mass is 9.93. The molecule has 4 rings (SSSR count). The third-order valence-electron chi connectivity index (χ3n) is 6.19. The Labute approximate surface area is 200 Å². The SMILES string of the molecule is Cc1ccc(S(=O)(=O)NCC2CCCN(C(=O)c3ccccc3-c3ccccc3C#N)C2)cc1. The molecule has 0 aliphatic carbocycles. The number of aryl methyl sites for hydroxylation is 1. The highest BCUT2D eigenvalue weighted by Crippen LogP contribution is 2.29. The molecule has 1 saturated heterocycles. The first-order chi connectivity index (χ1) is 16.4. The lowest BCUT2D eigenvalue weighted by Gasteiger charge is -2.33. The second kappa shape index (κ2) is 10.2. The van der Waals surface area contributed by atoms with Crippen LogP contribution in [-0.2, 0) is 10.0 Å². The quantitative estimate of drug-likeness (QED) is 0.576. The first-order valence-electron chi connectivity index (χ1n) is 11.3. The molecule has 0 radical (unpaired) electrons. The van der Waals surface area contributed by atoms with Crippen molar-refractivity contribution in [2.45, 2.75) is 24.7 Å². The third kappa shape index (κ3) is 5.19. The number of nitrogens with zero attached hydrogens (tertiary/aromatic N) is 2. The number of benzene rings is 3. The highest BCUT2D eigenvalue weighted by molar-refractivity contribution is 7.89. The van der Waals surface area contributed by atoms with Gasteiger partial charge in [0.25, 0.3) is 5.91 Å². The molecule has 3 aromatic rings. The average Bonchev–Trinajstić information content (AvgIpc) is 2.87. The molecular formula is C27H27N3O3S. The Kier molecular flexibility index (Phi) is 7.11. The first kappa shape index (κ1) is 23.7. The molecule has 1 aliphatic rings. The molecule has 3 aromatic carbocycles. The predicted octanol–water partition coefficient (Wildman–Crippen LogP) is 4.36. The molecular weight excluding hydrogens is 446 g/mol. The number of piperidine rings is 1. The third-order valence-corrected chi connectivity index (χ3v) is 7.63. The first-order valence-corrected chi connectivity index (χ1v) is 12.8. The van der Waals surface area contributed by atoms with Crippen LogP contribution in [0.2, 0.25) is 0 Å². The molecule has 1 amide bonds. The van der Waals surface area contributed by atoms with Crippen molar-refractivity contribution in [3.05, 3.63) is 89.5 Å². The van der Waals surface area contributed by atoms with E-state index >= 15 is 0 Å². The van der Waals surface area contributed by atoms with Crippen molar-refractivity contribution in [2.75, 3.05) is 19.6 Å².